The van der Waals surface area contributed by atoms with Gasteiger partial charge in [-0.05, 0) is 25.0 Å². The molecule has 0 amide bonds. The van der Waals surface area contributed by atoms with Crippen LogP contribution in [-0.2, 0) is 0 Å². The van der Waals surface area contributed by atoms with E-state index in [2.05, 4.69) is 4.98 Å². The highest BCUT2D eigenvalue weighted by Gasteiger charge is 2.26. The minimum absolute atomic E-state index is 0.395. The highest BCUT2D eigenvalue weighted by Crippen LogP contribution is 2.44. The summed E-state index contributed by atoms with van der Waals surface area (Å²) < 4.78 is 0. The minimum atomic E-state index is 0.395. The normalized spacial score (nSPS) is 15.5. The van der Waals surface area contributed by atoms with Crippen LogP contribution >= 0.6 is 46.4 Å². The summed E-state index contributed by atoms with van der Waals surface area (Å²) >= 11 is 24.5. The summed E-state index contributed by atoms with van der Waals surface area (Å²) in [7, 11) is 0. The van der Waals surface area contributed by atoms with Gasteiger partial charge < -0.3 is 0 Å². The fourth-order valence-corrected chi connectivity index (χ4v) is 2.96. The lowest BCUT2D eigenvalue weighted by Crippen LogP contribution is -1.91. The lowest BCUT2D eigenvalue weighted by Gasteiger charge is -2.09. The fourth-order valence-electron chi connectivity index (χ4n) is 1.86. The Kier molecular flexibility index (Phi) is 2.91. The zero-order chi connectivity index (χ0) is 12.2. The summed E-state index contributed by atoms with van der Waals surface area (Å²) in [4.78, 5) is 4.54. The molecule has 0 saturated heterocycles. The molecular formula is C12H7Cl4N. The van der Waals surface area contributed by atoms with Crippen LogP contribution in [0.5, 0.6) is 0 Å². The molecule has 88 valence electrons. The van der Waals surface area contributed by atoms with Gasteiger partial charge in [-0.15, -0.1) is 0 Å². The molecule has 1 aromatic carbocycles. The third-order valence-electron chi connectivity index (χ3n) is 2.90. The maximum Gasteiger partial charge on any atom is 0.0922 e. The lowest BCUT2D eigenvalue weighted by molar-refractivity contribution is 1.04. The van der Waals surface area contributed by atoms with E-state index in [0.717, 1.165) is 18.5 Å². The van der Waals surface area contributed by atoms with Crippen LogP contribution in [0.4, 0.5) is 0 Å². The number of aromatic nitrogens is 1. The van der Waals surface area contributed by atoms with Crippen LogP contribution in [0.1, 0.15) is 24.5 Å². The summed E-state index contributed by atoms with van der Waals surface area (Å²) in [5, 5.41) is 2.48. The Morgan fingerprint density at radius 3 is 2.29 bits per heavy atom. The topological polar surface area (TPSA) is 12.9 Å². The summed E-state index contributed by atoms with van der Waals surface area (Å²) in [5.41, 5.74) is 1.62. The number of rotatable bonds is 1. The Hall–Kier alpha value is -0.210. The van der Waals surface area contributed by atoms with Gasteiger partial charge in [0.25, 0.3) is 0 Å². The monoisotopic (exact) mass is 305 g/mol. The van der Waals surface area contributed by atoms with Crippen molar-refractivity contribution in [1.82, 2.24) is 4.98 Å². The first-order valence-corrected chi connectivity index (χ1v) is 6.72. The van der Waals surface area contributed by atoms with Gasteiger partial charge >= 0.3 is 0 Å². The van der Waals surface area contributed by atoms with Gasteiger partial charge in [0.15, 0.2) is 0 Å². The van der Waals surface area contributed by atoms with Gasteiger partial charge in [0.05, 0.1) is 25.6 Å². The zero-order valence-corrected chi connectivity index (χ0v) is 11.6. The minimum Gasteiger partial charge on any atom is -0.251 e. The second-order valence-corrected chi connectivity index (χ2v) is 5.78. The molecule has 1 nitrogen and oxygen atoms in total. The highest BCUT2D eigenvalue weighted by atomic mass is 35.5. The van der Waals surface area contributed by atoms with Crippen molar-refractivity contribution in [3.05, 3.63) is 37.9 Å². The second kappa shape index (κ2) is 4.17. The van der Waals surface area contributed by atoms with Gasteiger partial charge in [-0.1, -0.05) is 46.4 Å². The molecule has 0 bridgehead atoms. The van der Waals surface area contributed by atoms with Crippen LogP contribution in [0.15, 0.2) is 12.1 Å². The van der Waals surface area contributed by atoms with Gasteiger partial charge in [-0.2, -0.15) is 0 Å². The first kappa shape index (κ1) is 11.9. The number of pyridine rings is 1. The first-order valence-electron chi connectivity index (χ1n) is 5.21. The number of fused-ring (bicyclic) bond motifs is 1. The summed E-state index contributed by atoms with van der Waals surface area (Å²) in [6.45, 7) is 0. The van der Waals surface area contributed by atoms with Crippen molar-refractivity contribution in [2.45, 2.75) is 18.8 Å². The maximum atomic E-state index is 6.24. The maximum absolute atomic E-state index is 6.24. The fraction of sp³-hybridized carbons (Fsp3) is 0.250. The molecule has 0 radical (unpaired) electrons. The van der Waals surface area contributed by atoms with E-state index < -0.39 is 0 Å². The van der Waals surface area contributed by atoms with Gasteiger partial charge in [0.2, 0.25) is 0 Å². The molecule has 3 rings (SSSR count). The summed E-state index contributed by atoms with van der Waals surface area (Å²) in [6.07, 6.45) is 2.32. The van der Waals surface area contributed by atoms with Crippen LogP contribution in [0.2, 0.25) is 20.1 Å². The van der Waals surface area contributed by atoms with E-state index >= 15 is 0 Å². The zero-order valence-electron chi connectivity index (χ0n) is 8.61. The predicted octanol–water partition coefficient (Wildman–Crippen LogP) is 5.73. The molecule has 1 saturated carbocycles. The first-order chi connectivity index (χ1) is 8.08. The summed E-state index contributed by atoms with van der Waals surface area (Å²) in [6, 6.07) is 3.47. The molecule has 1 aliphatic carbocycles. The Morgan fingerprint density at radius 1 is 0.941 bits per heavy atom. The van der Waals surface area contributed by atoms with Crippen molar-refractivity contribution >= 4 is 57.3 Å². The van der Waals surface area contributed by atoms with Crippen LogP contribution in [0.25, 0.3) is 10.9 Å². The third-order valence-corrected chi connectivity index (χ3v) is 4.27. The summed E-state index contributed by atoms with van der Waals surface area (Å²) in [5.74, 6) is 0.516. The Morgan fingerprint density at radius 2 is 1.65 bits per heavy atom. The molecule has 17 heavy (non-hydrogen) atoms. The van der Waals surface area contributed by atoms with Crippen LogP contribution < -0.4 is 0 Å². The molecule has 0 atom stereocenters. The number of hydrogen-bond acceptors (Lipinski definition) is 1. The Bertz CT molecular complexity index is 620. The number of halogens is 4. The van der Waals surface area contributed by atoms with E-state index in [1.54, 1.807) is 6.07 Å². The molecule has 0 unspecified atom stereocenters. The standard InChI is InChI=1S/C12H7Cl4N/c13-6-4-9(5-1-2-5)17-12-8(15)3-7(14)11(16)10(6)12/h3-5H,1-2H2. The Labute approximate surface area is 119 Å². The SMILES string of the molecule is Clc1cc(Cl)c2nc(C3CC3)cc(Cl)c2c1Cl. The van der Waals surface area contributed by atoms with Crippen LogP contribution in [-0.4, -0.2) is 4.98 Å². The predicted molar refractivity (Wildman–Crippen MR) is 73.8 cm³/mol. The number of benzene rings is 1. The molecular weight excluding hydrogens is 300 g/mol. The lowest BCUT2D eigenvalue weighted by atomic mass is 10.1. The Balaban J connectivity index is 2.38. The van der Waals surface area contributed by atoms with Crippen LogP contribution in [0.3, 0.4) is 0 Å². The van der Waals surface area contributed by atoms with E-state index in [-0.39, 0.29) is 0 Å². The van der Waals surface area contributed by atoms with Crippen molar-refractivity contribution in [1.29, 1.82) is 0 Å². The van der Waals surface area contributed by atoms with E-state index in [0.29, 0.717) is 36.9 Å². The molecule has 2 aromatic rings. The van der Waals surface area contributed by atoms with Crippen molar-refractivity contribution in [3.8, 4) is 0 Å². The molecule has 1 fully saturated rings. The van der Waals surface area contributed by atoms with Crippen LogP contribution in [0, 0.1) is 0 Å². The molecule has 1 aromatic heterocycles. The van der Waals surface area contributed by atoms with Gasteiger partial charge in [0, 0.05) is 17.0 Å². The van der Waals surface area contributed by atoms with E-state index in [4.69, 9.17) is 46.4 Å². The molecule has 5 heteroatoms. The van der Waals surface area contributed by atoms with Crippen molar-refractivity contribution < 1.29 is 0 Å². The third kappa shape index (κ3) is 2.00. The average molecular weight is 307 g/mol. The quantitative estimate of drug-likeness (QED) is 0.613. The highest BCUT2D eigenvalue weighted by molar-refractivity contribution is 6.50. The van der Waals surface area contributed by atoms with E-state index in [1.165, 1.54) is 0 Å². The molecule has 0 N–H and O–H groups in total. The number of nitrogens with zero attached hydrogens (tertiary/aromatic N) is 1. The van der Waals surface area contributed by atoms with Gasteiger partial charge in [0.1, 0.15) is 0 Å². The molecule has 1 heterocycles. The van der Waals surface area contributed by atoms with Gasteiger partial charge in [-0.3, -0.25) is 4.98 Å². The average Bonchev–Trinajstić information content (AvgIpc) is 3.09. The number of hydrogen-bond donors (Lipinski definition) is 0. The van der Waals surface area contributed by atoms with Crippen molar-refractivity contribution in [2.75, 3.05) is 0 Å². The van der Waals surface area contributed by atoms with E-state index in [9.17, 15) is 0 Å². The van der Waals surface area contributed by atoms with E-state index in [1.807, 2.05) is 6.07 Å². The second-order valence-electron chi connectivity index (χ2n) is 4.18. The molecule has 0 spiro atoms. The smallest absolute Gasteiger partial charge is 0.0922 e. The molecule has 0 aliphatic heterocycles. The van der Waals surface area contributed by atoms with Crippen molar-refractivity contribution in [3.63, 3.8) is 0 Å². The van der Waals surface area contributed by atoms with Gasteiger partial charge in [-0.25, -0.2) is 0 Å². The molecule has 1 aliphatic rings. The largest absolute Gasteiger partial charge is 0.251 e. The van der Waals surface area contributed by atoms with Crippen molar-refractivity contribution in [2.24, 2.45) is 0 Å².